The standard InChI is InChI=1S/C14H19ClO2/c1-2-16-10-14(15)12-5-6-13-9-17-7-3-4-11(13)8-12/h5-6,8,14H,2-4,7,9-10H2,1H3. The number of hydrogen-bond acceptors (Lipinski definition) is 2. The van der Waals surface area contributed by atoms with Gasteiger partial charge in [-0.05, 0) is 36.5 Å². The highest BCUT2D eigenvalue weighted by Crippen LogP contribution is 2.25. The van der Waals surface area contributed by atoms with E-state index < -0.39 is 0 Å². The van der Waals surface area contributed by atoms with Crippen molar-refractivity contribution in [2.75, 3.05) is 19.8 Å². The highest BCUT2D eigenvalue weighted by atomic mass is 35.5. The number of benzene rings is 1. The Labute approximate surface area is 108 Å². The van der Waals surface area contributed by atoms with Crippen molar-refractivity contribution in [2.45, 2.75) is 31.7 Å². The van der Waals surface area contributed by atoms with Crippen LogP contribution in [0.1, 0.15) is 35.4 Å². The lowest BCUT2D eigenvalue weighted by molar-refractivity contribution is 0.125. The fraction of sp³-hybridized carbons (Fsp3) is 0.571. The molecule has 0 amide bonds. The summed E-state index contributed by atoms with van der Waals surface area (Å²) in [5.74, 6) is 0. The van der Waals surface area contributed by atoms with Gasteiger partial charge in [-0.1, -0.05) is 18.2 Å². The maximum Gasteiger partial charge on any atom is 0.0819 e. The minimum absolute atomic E-state index is 0.0515. The quantitative estimate of drug-likeness (QED) is 0.766. The molecule has 1 heterocycles. The van der Waals surface area contributed by atoms with Crippen molar-refractivity contribution in [2.24, 2.45) is 0 Å². The van der Waals surface area contributed by atoms with E-state index in [9.17, 15) is 0 Å². The Morgan fingerprint density at radius 3 is 3.12 bits per heavy atom. The molecule has 94 valence electrons. The van der Waals surface area contributed by atoms with Crippen LogP contribution in [0.15, 0.2) is 18.2 Å². The first-order valence-corrected chi connectivity index (χ1v) is 6.66. The monoisotopic (exact) mass is 254 g/mol. The van der Waals surface area contributed by atoms with Gasteiger partial charge in [0.05, 0.1) is 18.6 Å². The summed E-state index contributed by atoms with van der Waals surface area (Å²) >= 11 is 6.31. The van der Waals surface area contributed by atoms with Gasteiger partial charge in [-0.15, -0.1) is 11.6 Å². The molecule has 2 rings (SSSR count). The van der Waals surface area contributed by atoms with E-state index in [-0.39, 0.29) is 5.38 Å². The zero-order valence-corrected chi connectivity index (χ0v) is 11.0. The van der Waals surface area contributed by atoms with Gasteiger partial charge >= 0.3 is 0 Å². The number of fused-ring (bicyclic) bond motifs is 1. The van der Waals surface area contributed by atoms with Crippen molar-refractivity contribution in [3.63, 3.8) is 0 Å². The van der Waals surface area contributed by atoms with E-state index in [0.29, 0.717) is 13.2 Å². The number of ether oxygens (including phenoxy) is 2. The molecule has 0 fully saturated rings. The third kappa shape index (κ3) is 3.44. The van der Waals surface area contributed by atoms with E-state index in [2.05, 4.69) is 18.2 Å². The van der Waals surface area contributed by atoms with E-state index in [4.69, 9.17) is 21.1 Å². The molecule has 1 aromatic rings. The SMILES string of the molecule is CCOCC(Cl)c1ccc2c(c1)CCCOC2. The Kier molecular flexibility index (Phi) is 4.84. The van der Waals surface area contributed by atoms with Crippen LogP contribution < -0.4 is 0 Å². The molecule has 1 unspecified atom stereocenters. The molecule has 0 aliphatic carbocycles. The summed E-state index contributed by atoms with van der Waals surface area (Å²) in [6, 6.07) is 6.43. The Hall–Kier alpha value is -0.570. The van der Waals surface area contributed by atoms with E-state index in [1.165, 1.54) is 11.1 Å². The van der Waals surface area contributed by atoms with Crippen molar-refractivity contribution >= 4 is 11.6 Å². The fourth-order valence-electron chi connectivity index (χ4n) is 2.08. The third-order valence-corrected chi connectivity index (χ3v) is 3.43. The van der Waals surface area contributed by atoms with Gasteiger partial charge in [-0.3, -0.25) is 0 Å². The summed E-state index contributed by atoms with van der Waals surface area (Å²) in [5.41, 5.74) is 3.83. The van der Waals surface area contributed by atoms with Crippen LogP contribution in [0.3, 0.4) is 0 Å². The van der Waals surface area contributed by atoms with Crippen molar-refractivity contribution < 1.29 is 9.47 Å². The number of rotatable bonds is 4. The first-order valence-electron chi connectivity index (χ1n) is 6.22. The van der Waals surface area contributed by atoms with Crippen molar-refractivity contribution in [1.29, 1.82) is 0 Å². The van der Waals surface area contributed by atoms with Gasteiger partial charge in [0.25, 0.3) is 0 Å². The molecule has 0 aromatic heterocycles. The molecule has 0 saturated carbocycles. The molecular formula is C14H19ClO2. The second-order valence-corrected chi connectivity index (χ2v) is 4.84. The number of alkyl halides is 1. The largest absolute Gasteiger partial charge is 0.380 e. The van der Waals surface area contributed by atoms with Gasteiger partial charge in [0.15, 0.2) is 0 Å². The molecule has 1 aliphatic heterocycles. The van der Waals surface area contributed by atoms with Crippen molar-refractivity contribution in [3.8, 4) is 0 Å². The Morgan fingerprint density at radius 1 is 1.41 bits per heavy atom. The van der Waals surface area contributed by atoms with Crippen LogP contribution in [0.25, 0.3) is 0 Å². The van der Waals surface area contributed by atoms with Crippen LogP contribution >= 0.6 is 11.6 Å². The topological polar surface area (TPSA) is 18.5 Å². The second-order valence-electron chi connectivity index (χ2n) is 4.31. The molecule has 1 atom stereocenters. The average molecular weight is 255 g/mol. The van der Waals surface area contributed by atoms with Gasteiger partial charge in [-0.25, -0.2) is 0 Å². The van der Waals surface area contributed by atoms with Gasteiger partial charge in [-0.2, -0.15) is 0 Å². The molecule has 2 nitrogen and oxygen atoms in total. The van der Waals surface area contributed by atoms with Gasteiger partial charge in [0, 0.05) is 13.2 Å². The number of aryl methyl sites for hydroxylation is 1. The lowest BCUT2D eigenvalue weighted by Crippen LogP contribution is -2.03. The average Bonchev–Trinajstić information content (AvgIpc) is 2.60. The zero-order valence-electron chi connectivity index (χ0n) is 10.2. The summed E-state index contributed by atoms with van der Waals surface area (Å²) in [5, 5.41) is -0.0515. The van der Waals surface area contributed by atoms with E-state index in [0.717, 1.165) is 31.6 Å². The van der Waals surface area contributed by atoms with Crippen LogP contribution in [0, 0.1) is 0 Å². The molecule has 0 saturated heterocycles. The van der Waals surface area contributed by atoms with Gasteiger partial charge in [0.2, 0.25) is 0 Å². The summed E-state index contributed by atoms with van der Waals surface area (Å²) < 4.78 is 10.9. The molecule has 0 spiro atoms. The van der Waals surface area contributed by atoms with E-state index in [1.54, 1.807) is 0 Å². The predicted octanol–water partition coefficient (Wildman–Crippen LogP) is 3.47. The molecule has 1 aliphatic rings. The normalized spacial score (nSPS) is 17.3. The molecule has 0 N–H and O–H groups in total. The fourth-order valence-corrected chi connectivity index (χ4v) is 2.30. The highest BCUT2D eigenvalue weighted by molar-refractivity contribution is 6.20. The maximum absolute atomic E-state index is 6.31. The van der Waals surface area contributed by atoms with Crippen molar-refractivity contribution in [3.05, 3.63) is 34.9 Å². The zero-order chi connectivity index (χ0) is 12.1. The number of halogens is 1. The summed E-state index contributed by atoms with van der Waals surface area (Å²) in [6.45, 7) is 4.86. The maximum atomic E-state index is 6.31. The number of hydrogen-bond donors (Lipinski definition) is 0. The second kappa shape index (κ2) is 6.39. The van der Waals surface area contributed by atoms with Crippen LogP contribution in [-0.2, 0) is 22.5 Å². The lowest BCUT2D eigenvalue weighted by atomic mass is 10.00. The van der Waals surface area contributed by atoms with Crippen LogP contribution in [-0.4, -0.2) is 19.8 Å². The molecular weight excluding hydrogens is 236 g/mol. The molecule has 3 heteroatoms. The molecule has 17 heavy (non-hydrogen) atoms. The molecule has 0 bridgehead atoms. The minimum atomic E-state index is -0.0515. The first kappa shape index (κ1) is 12.9. The summed E-state index contributed by atoms with van der Waals surface area (Å²) in [7, 11) is 0. The van der Waals surface area contributed by atoms with E-state index in [1.807, 2.05) is 6.92 Å². The predicted molar refractivity (Wildman–Crippen MR) is 69.5 cm³/mol. The highest BCUT2D eigenvalue weighted by Gasteiger charge is 2.13. The van der Waals surface area contributed by atoms with Crippen LogP contribution in [0.4, 0.5) is 0 Å². The Balaban J connectivity index is 2.11. The third-order valence-electron chi connectivity index (χ3n) is 3.05. The summed E-state index contributed by atoms with van der Waals surface area (Å²) in [6.07, 6.45) is 2.18. The Morgan fingerprint density at radius 2 is 2.29 bits per heavy atom. The lowest BCUT2D eigenvalue weighted by Gasteiger charge is -2.13. The smallest absolute Gasteiger partial charge is 0.0819 e. The minimum Gasteiger partial charge on any atom is -0.380 e. The molecule has 0 radical (unpaired) electrons. The van der Waals surface area contributed by atoms with Gasteiger partial charge in [0.1, 0.15) is 0 Å². The molecule has 1 aromatic carbocycles. The Bertz CT molecular complexity index is 365. The van der Waals surface area contributed by atoms with Crippen LogP contribution in [0.5, 0.6) is 0 Å². The summed E-state index contributed by atoms with van der Waals surface area (Å²) in [4.78, 5) is 0. The van der Waals surface area contributed by atoms with Crippen molar-refractivity contribution in [1.82, 2.24) is 0 Å². The first-order chi connectivity index (χ1) is 8.31. The van der Waals surface area contributed by atoms with E-state index >= 15 is 0 Å². The van der Waals surface area contributed by atoms with Crippen LogP contribution in [0.2, 0.25) is 0 Å². The van der Waals surface area contributed by atoms with Gasteiger partial charge < -0.3 is 9.47 Å².